The number of hydrogen-bond donors (Lipinski definition) is 2. The van der Waals surface area contributed by atoms with Crippen LogP contribution in [-0.2, 0) is 11.3 Å². The number of Topliss-reactive ketones (excluding diaryl/α,β-unsaturated/α-hetero) is 1. The van der Waals surface area contributed by atoms with Crippen LogP contribution in [0.25, 0.3) is 0 Å². The smallest absolute Gasteiger partial charge is 0.280 e. The SMILES string of the molecule is CC.CC1CC1.NC12C(=O)c3cccc([N+](=O)[O-])c3C1(O)Oc1ccccc12. The van der Waals surface area contributed by atoms with Gasteiger partial charge in [-0.1, -0.05) is 63.9 Å². The van der Waals surface area contributed by atoms with Crippen LogP contribution in [0.4, 0.5) is 5.69 Å². The quantitative estimate of drug-likeness (QED) is 0.573. The highest BCUT2D eigenvalue weighted by Gasteiger charge is 2.70. The molecule has 1 aliphatic heterocycles. The molecule has 2 aliphatic carbocycles. The lowest BCUT2D eigenvalue weighted by atomic mass is 9.84. The van der Waals surface area contributed by atoms with Crippen LogP contribution in [0.3, 0.4) is 0 Å². The summed E-state index contributed by atoms with van der Waals surface area (Å²) in [5.41, 5.74) is 4.07. The van der Waals surface area contributed by atoms with Gasteiger partial charge in [-0.15, -0.1) is 0 Å². The Kier molecular flexibility index (Phi) is 4.99. The number of aliphatic hydroxyl groups is 1. The summed E-state index contributed by atoms with van der Waals surface area (Å²) in [5.74, 6) is -1.56. The number of ether oxygens (including phenoxy) is 1. The number of carbonyl (C=O) groups excluding carboxylic acids is 1. The molecule has 1 heterocycles. The number of rotatable bonds is 1. The number of fused-ring (bicyclic) bond motifs is 5. The fraction of sp³-hybridized carbons (Fsp3) is 0.381. The van der Waals surface area contributed by atoms with Crippen molar-refractivity contribution >= 4 is 11.5 Å². The Morgan fingerprint density at radius 3 is 2.36 bits per heavy atom. The highest BCUT2D eigenvalue weighted by atomic mass is 16.6. The van der Waals surface area contributed by atoms with E-state index in [-0.39, 0.29) is 16.9 Å². The van der Waals surface area contributed by atoms with Crippen molar-refractivity contribution in [2.45, 2.75) is 44.9 Å². The second-order valence-electron chi connectivity index (χ2n) is 7.02. The number of nitrogens with two attached hydrogens (primary N) is 1. The summed E-state index contributed by atoms with van der Waals surface area (Å²) < 4.78 is 5.51. The van der Waals surface area contributed by atoms with Crippen molar-refractivity contribution < 1.29 is 19.6 Å². The van der Waals surface area contributed by atoms with Crippen molar-refractivity contribution in [3.8, 4) is 5.75 Å². The molecule has 0 amide bonds. The van der Waals surface area contributed by atoms with Gasteiger partial charge in [0.25, 0.3) is 11.5 Å². The number of nitrogens with zero attached hydrogens (tertiary/aromatic N) is 1. The normalized spacial score (nSPS) is 25.8. The average molecular weight is 384 g/mol. The lowest BCUT2D eigenvalue weighted by molar-refractivity contribution is -0.388. The second kappa shape index (κ2) is 7.00. The van der Waals surface area contributed by atoms with Crippen molar-refractivity contribution in [3.05, 3.63) is 69.3 Å². The summed E-state index contributed by atoms with van der Waals surface area (Å²) in [5, 5.41) is 22.3. The van der Waals surface area contributed by atoms with Gasteiger partial charge in [-0.25, -0.2) is 0 Å². The highest BCUT2D eigenvalue weighted by Crippen LogP contribution is 2.58. The Balaban J connectivity index is 0.000000328. The van der Waals surface area contributed by atoms with Crippen LogP contribution in [0.5, 0.6) is 5.75 Å². The highest BCUT2D eigenvalue weighted by molar-refractivity contribution is 6.11. The summed E-state index contributed by atoms with van der Waals surface area (Å²) in [6.07, 6.45) is 2.97. The Bertz CT molecular complexity index is 940. The van der Waals surface area contributed by atoms with Crippen LogP contribution in [0.2, 0.25) is 0 Å². The first-order valence-electron chi connectivity index (χ1n) is 9.43. The van der Waals surface area contributed by atoms with Crippen LogP contribution in [-0.4, -0.2) is 15.8 Å². The Morgan fingerprint density at radius 1 is 1.18 bits per heavy atom. The largest absolute Gasteiger partial charge is 0.455 e. The van der Waals surface area contributed by atoms with Crippen LogP contribution >= 0.6 is 0 Å². The molecule has 3 aliphatic rings. The number of nitro groups is 1. The molecule has 7 nitrogen and oxygen atoms in total. The van der Waals surface area contributed by atoms with Crippen molar-refractivity contribution in [2.75, 3.05) is 0 Å². The molecule has 0 radical (unpaired) electrons. The van der Waals surface area contributed by atoms with E-state index < -0.39 is 27.7 Å². The third-order valence-electron chi connectivity index (χ3n) is 5.15. The van der Waals surface area contributed by atoms with Gasteiger partial charge >= 0.3 is 0 Å². The fourth-order valence-corrected chi connectivity index (χ4v) is 3.44. The first-order chi connectivity index (χ1) is 13.3. The predicted molar refractivity (Wildman–Crippen MR) is 104 cm³/mol. The van der Waals surface area contributed by atoms with Crippen LogP contribution in [0.15, 0.2) is 42.5 Å². The molecule has 148 valence electrons. The topological polar surface area (TPSA) is 116 Å². The van der Waals surface area contributed by atoms with Crippen molar-refractivity contribution in [2.24, 2.45) is 11.7 Å². The van der Waals surface area contributed by atoms with E-state index in [0.717, 1.165) is 5.92 Å². The van der Waals surface area contributed by atoms with Gasteiger partial charge in [0.15, 0.2) is 11.3 Å². The van der Waals surface area contributed by atoms with Crippen LogP contribution < -0.4 is 10.5 Å². The van der Waals surface area contributed by atoms with E-state index in [1.807, 2.05) is 13.8 Å². The van der Waals surface area contributed by atoms with Gasteiger partial charge in [-0.2, -0.15) is 0 Å². The molecule has 1 fully saturated rings. The van der Waals surface area contributed by atoms with Crippen molar-refractivity contribution in [3.63, 3.8) is 0 Å². The Morgan fingerprint density at radius 2 is 1.79 bits per heavy atom. The number of ketones is 1. The molecular formula is C21H24N2O5. The summed E-state index contributed by atoms with van der Waals surface area (Å²) in [6.45, 7) is 6.28. The maximum absolute atomic E-state index is 12.8. The average Bonchev–Trinajstić information content (AvgIpc) is 3.42. The molecule has 0 bridgehead atoms. The number of benzene rings is 2. The van der Waals surface area contributed by atoms with E-state index in [0.29, 0.717) is 5.56 Å². The molecule has 2 aromatic rings. The zero-order valence-corrected chi connectivity index (χ0v) is 16.1. The molecule has 2 unspecified atom stereocenters. The standard InChI is InChI=1S/C15H10N2O5.C4H8.C2H6/c16-14-9-5-1-2-7-11(9)22-15(14,19)12-8(13(14)18)4-3-6-10(12)17(20)21;1-4-2-3-4;1-2/h1-7,19H,16H2;4H,2-3H2,1H3;1-2H3. The minimum absolute atomic E-state index is 0.00806. The number of carbonyl (C=O) groups is 1. The van der Waals surface area contributed by atoms with Gasteiger partial charge in [-0.05, 0) is 12.0 Å². The number of nitro benzene ring substituents is 1. The second-order valence-corrected chi connectivity index (χ2v) is 7.02. The number of para-hydroxylation sites is 1. The maximum atomic E-state index is 12.8. The molecule has 2 atom stereocenters. The summed E-state index contributed by atoms with van der Waals surface area (Å²) in [6, 6.07) is 10.5. The number of hydrogen-bond acceptors (Lipinski definition) is 6. The van der Waals surface area contributed by atoms with Gasteiger partial charge in [-0.3, -0.25) is 14.9 Å². The molecule has 0 spiro atoms. The minimum atomic E-state index is -2.28. The van der Waals surface area contributed by atoms with Crippen molar-refractivity contribution in [1.82, 2.24) is 0 Å². The fourth-order valence-electron chi connectivity index (χ4n) is 3.44. The molecule has 1 saturated carbocycles. The first-order valence-corrected chi connectivity index (χ1v) is 9.43. The van der Waals surface area contributed by atoms with E-state index >= 15 is 0 Å². The molecule has 28 heavy (non-hydrogen) atoms. The molecular weight excluding hydrogens is 360 g/mol. The van der Waals surface area contributed by atoms with Gasteiger partial charge in [0.1, 0.15) is 11.3 Å². The lowest BCUT2D eigenvalue weighted by Gasteiger charge is -2.29. The van der Waals surface area contributed by atoms with Crippen LogP contribution in [0.1, 0.15) is 55.1 Å². The maximum Gasteiger partial charge on any atom is 0.280 e. The Hall–Kier alpha value is -2.77. The third kappa shape index (κ3) is 2.70. The van der Waals surface area contributed by atoms with E-state index in [1.54, 1.807) is 24.3 Å². The van der Waals surface area contributed by atoms with E-state index in [9.17, 15) is 20.0 Å². The van der Waals surface area contributed by atoms with E-state index in [4.69, 9.17) is 10.5 Å². The van der Waals surface area contributed by atoms with E-state index in [1.165, 1.54) is 31.0 Å². The molecule has 2 aromatic carbocycles. The summed E-state index contributed by atoms with van der Waals surface area (Å²) in [4.78, 5) is 23.4. The molecule has 7 heteroatoms. The van der Waals surface area contributed by atoms with Crippen molar-refractivity contribution in [1.29, 1.82) is 0 Å². The van der Waals surface area contributed by atoms with Crippen LogP contribution in [0, 0.1) is 16.0 Å². The summed E-state index contributed by atoms with van der Waals surface area (Å²) in [7, 11) is 0. The monoisotopic (exact) mass is 384 g/mol. The summed E-state index contributed by atoms with van der Waals surface area (Å²) >= 11 is 0. The first kappa shape index (κ1) is 20.0. The van der Waals surface area contributed by atoms with Gasteiger partial charge in [0.05, 0.1) is 4.92 Å². The Labute approximate surface area is 163 Å². The third-order valence-corrected chi connectivity index (χ3v) is 5.15. The van der Waals surface area contributed by atoms with Gasteiger partial charge < -0.3 is 15.6 Å². The van der Waals surface area contributed by atoms with Gasteiger partial charge in [0.2, 0.25) is 0 Å². The zero-order valence-electron chi connectivity index (χ0n) is 16.1. The lowest BCUT2D eigenvalue weighted by Crippen LogP contribution is -2.55. The minimum Gasteiger partial charge on any atom is -0.455 e. The molecule has 0 saturated heterocycles. The molecule has 3 N–H and O–H groups in total. The predicted octanol–water partition coefficient (Wildman–Crippen LogP) is 3.63. The molecule has 0 aromatic heterocycles. The van der Waals surface area contributed by atoms with E-state index in [2.05, 4.69) is 6.92 Å². The molecule has 5 rings (SSSR count). The zero-order chi connectivity index (χ0) is 20.7. The van der Waals surface area contributed by atoms with Gasteiger partial charge in [0, 0.05) is 17.2 Å².